The van der Waals surface area contributed by atoms with E-state index in [1.807, 2.05) is 13.8 Å². The van der Waals surface area contributed by atoms with Crippen molar-refractivity contribution in [3.63, 3.8) is 0 Å². The van der Waals surface area contributed by atoms with E-state index in [0.29, 0.717) is 23.1 Å². The minimum absolute atomic E-state index is 0.109. The lowest BCUT2D eigenvalue weighted by atomic mass is 9.81. The predicted molar refractivity (Wildman–Crippen MR) is 165 cm³/mol. The quantitative estimate of drug-likeness (QED) is 0.176. The van der Waals surface area contributed by atoms with Crippen molar-refractivity contribution in [1.82, 2.24) is 20.1 Å². The number of anilines is 2. The number of nitrogens with two attached hydrogens (primary N) is 1. The number of ether oxygens (including phenoxy) is 1. The fraction of sp³-hybridized carbons (Fsp3) is 0.400. The molecule has 0 bridgehead atoms. The maximum atomic E-state index is 15.7. The van der Waals surface area contributed by atoms with Gasteiger partial charge in [0.15, 0.2) is 0 Å². The van der Waals surface area contributed by atoms with Crippen molar-refractivity contribution in [3.8, 4) is 11.3 Å². The fourth-order valence-electron chi connectivity index (χ4n) is 5.68. The van der Waals surface area contributed by atoms with Crippen LogP contribution in [0.2, 0.25) is 5.02 Å². The average Bonchev–Trinajstić information content (AvgIpc) is 3.37. The van der Waals surface area contributed by atoms with Crippen molar-refractivity contribution >= 4 is 44.0 Å². The van der Waals surface area contributed by atoms with Crippen LogP contribution in [0.15, 0.2) is 47.5 Å². The van der Waals surface area contributed by atoms with Gasteiger partial charge in [-0.15, -0.1) is 0 Å². The molecule has 13 heteroatoms. The zero-order chi connectivity index (χ0) is 30.9. The molecule has 1 aliphatic carbocycles. The first-order valence-electron chi connectivity index (χ1n) is 14.2. The molecule has 0 atom stereocenters. The molecule has 4 N–H and O–H groups in total. The maximum absolute atomic E-state index is 15.7. The number of nitrogens with zero attached hydrogens (tertiary/aromatic N) is 3. The van der Waals surface area contributed by atoms with Gasteiger partial charge in [-0.2, -0.15) is 5.10 Å². The van der Waals surface area contributed by atoms with Crippen LogP contribution in [0.1, 0.15) is 57.1 Å². The Hall–Kier alpha value is -3.32. The molecule has 5 rings (SSSR count). The van der Waals surface area contributed by atoms with Crippen LogP contribution >= 0.6 is 11.6 Å². The summed E-state index contributed by atoms with van der Waals surface area (Å²) in [5.74, 6) is -1.48. The van der Waals surface area contributed by atoms with Gasteiger partial charge in [-0.3, -0.25) is 9.40 Å². The van der Waals surface area contributed by atoms with E-state index < -0.39 is 27.3 Å². The van der Waals surface area contributed by atoms with Crippen molar-refractivity contribution in [2.45, 2.75) is 62.4 Å². The van der Waals surface area contributed by atoms with Crippen LogP contribution in [-0.4, -0.2) is 49.5 Å². The maximum Gasteiger partial charge on any atom is 0.261 e. The van der Waals surface area contributed by atoms with Crippen molar-refractivity contribution in [1.29, 1.82) is 0 Å². The predicted octanol–water partition coefficient (Wildman–Crippen LogP) is 6.26. The number of hydrogen-bond donors (Lipinski definition) is 3. The lowest BCUT2D eigenvalue weighted by Gasteiger charge is -2.30. The smallest absolute Gasteiger partial charge is 0.261 e. The van der Waals surface area contributed by atoms with Gasteiger partial charge >= 0.3 is 0 Å². The summed E-state index contributed by atoms with van der Waals surface area (Å²) in [6.07, 6.45) is 5.59. The van der Waals surface area contributed by atoms with E-state index in [4.69, 9.17) is 27.2 Å². The molecule has 1 saturated carbocycles. The van der Waals surface area contributed by atoms with Gasteiger partial charge in [-0.1, -0.05) is 11.6 Å². The summed E-state index contributed by atoms with van der Waals surface area (Å²) >= 11 is 5.85. The Morgan fingerprint density at radius 3 is 2.47 bits per heavy atom. The Labute approximate surface area is 254 Å². The molecule has 0 aliphatic heterocycles. The first-order chi connectivity index (χ1) is 20.5. The lowest BCUT2D eigenvalue weighted by Crippen LogP contribution is -2.34. The minimum Gasteiger partial charge on any atom is -0.383 e. The van der Waals surface area contributed by atoms with Gasteiger partial charge in [0.1, 0.15) is 23.1 Å². The van der Waals surface area contributed by atoms with Crippen LogP contribution in [0.4, 0.5) is 20.3 Å². The minimum atomic E-state index is -4.20. The molecule has 0 amide bonds. The van der Waals surface area contributed by atoms with Crippen molar-refractivity contribution < 1.29 is 21.9 Å². The third-order valence-electron chi connectivity index (χ3n) is 7.86. The highest BCUT2D eigenvalue weighted by atomic mass is 35.5. The molecule has 2 aromatic heterocycles. The normalized spacial score (nSPS) is 17.6. The Balaban J connectivity index is 1.51. The van der Waals surface area contributed by atoms with Gasteiger partial charge in [0.25, 0.3) is 10.0 Å². The van der Waals surface area contributed by atoms with Crippen LogP contribution in [0.3, 0.4) is 0 Å². The van der Waals surface area contributed by atoms with Crippen LogP contribution in [0.5, 0.6) is 0 Å². The Bertz CT molecular complexity index is 1720. The summed E-state index contributed by atoms with van der Waals surface area (Å²) < 4.78 is 65.8. The molecule has 2 aromatic carbocycles. The first kappa shape index (κ1) is 31.1. The summed E-state index contributed by atoms with van der Waals surface area (Å²) in [5, 5.41) is 9.03. The van der Waals surface area contributed by atoms with E-state index in [9.17, 15) is 8.42 Å². The molecule has 1 fully saturated rings. The third kappa shape index (κ3) is 6.47. The Morgan fingerprint density at radius 2 is 1.81 bits per heavy atom. The number of nitrogen functional groups attached to an aromatic ring is 1. The highest BCUT2D eigenvalue weighted by Gasteiger charge is 2.29. The topological polar surface area (TPSA) is 124 Å². The zero-order valence-corrected chi connectivity index (χ0v) is 25.8. The first-order valence-corrected chi connectivity index (χ1v) is 16.0. The fourth-order valence-corrected chi connectivity index (χ4v) is 6.86. The van der Waals surface area contributed by atoms with E-state index in [-0.39, 0.29) is 33.9 Å². The SMILES string of the molecule is COCCN[C@H]1CC[C@H](c2cnc(N)c3c(-c4cc(F)c(NS(=O)(=O)c5ccc(Cl)cc5)cc4F)nn(C(C)C)c32)CC1. The summed E-state index contributed by atoms with van der Waals surface area (Å²) in [4.78, 5) is 4.31. The van der Waals surface area contributed by atoms with Crippen LogP contribution < -0.4 is 15.8 Å². The van der Waals surface area contributed by atoms with Gasteiger partial charge in [0.05, 0.1) is 28.1 Å². The van der Waals surface area contributed by atoms with Gasteiger partial charge in [0, 0.05) is 48.6 Å². The van der Waals surface area contributed by atoms with Gasteiger partial charge in [-0.05, 0) is 81.3 Å². The summed E-state index contributed by atoms with van der Waals surface area (Å²) in [6, 6.07) is 7.37. The van der Waals surface area contributed by atoms with E-state index >= 15 is 8.78 Å². The second kappa shape index (κ2) is 12.7. The molecule has 0 spiro atoms. The molecule has 9 nitrogen and oxygen atoms in total. The molecule has 230 valence electrons. The van der Waals surface area contributed by atoms with Gasteiger partial charge in [-0.25, -0.2) is 22.2 Å². The number of aromatic nitrogens is 3. The molecular weight excluding hydrogens is 598 g/mol. The highest BCUT2D eigenvalue weighted by molar-refractivity contribution is 7.92. The van der Waals surface area contributed by atoms with Crippen molar-refractivity contribution in [3.05, 3.63) is 64.8 Å². The average molecular weight is 633 g/mol. The number of rotatable bonds is 10. The second-order valence-corrected chi connectivity index (χ2v) is 13.2. The van der Waals surface area contributed by atoms with Gasteiger partial charge < -0.3 is 15.8 Å². The monoisotopic (exact) mass is 632 g/mol. The molecule has 43 heavy (non-hydrogen) atoms. The van der Waals surface area contributed by atoms with E-state index in [2.05, 4.69) is 15.0 Å². The summed E-state index contributed by atoms with van der Waals surface area (Å²) in [6.45, 7) is 5.37. The van der Waals surface area contributed by atoms with Crippen LogP contribution in [0, 0.1) is 11.6 Å². The number of pyridine rings is 1. The van der Waals surface area contributed by atoms with E-state index in [0.717, 1.165) is 55.4 Å². The Morgan fingerprint density at radius 1 is 1.12 bits per heavy atom. The van der Waals surface area contributed by atoms with Gasteiger partial charge in [0.2, 0.25) is 0 Å². The summed E-state index contributed by atoms with van der Waals surface area (Å²) in [7, 11) is -2.52. The number of sulfonamides is 1. The number of nitrogens with one attached hydrogen (secondary N) is 2. The lowest BCUT2D eigenvalue weighted by molar-refractivity contribution is 0.191. The van der Waals surface area contributed by atoms with E-state index in [1.54, 1.807) is 18.0 Å². The molecular formula is C30H35ClF2N6O3S. The number of halogens is 3. The summed E-state index contributed by atoms with van der Waals surface area (Å²) in [5.41, 5.74) is 7.56. The van der Waals surface area contributed by atoms with Crippen molar-refractivity contribution in [2.75, 3.05) is 30.7 Å². The number of methoxy groups -OCH3 is 1. The molecule has 2 heterocycles. The zero-order valence-electron chi connectivity index (χ0n) is 24.2. The second-order valence-electron chi connectivity index (χ2n) is 11.1. The largest absolute Gasteiger partial charge is 0.383 e. The molecule has 1 aliphatic rings. The van der Waals surface area contributed by atoms with Crippen LogP contribution in [0.25, 0.3) is 22.2 Å². The highest BCUT2D eigenvalue weighted by Crippen LogP contribution is 2.42. The van der Waals surface area contributed by atoms with Crippen molar-refractivity contribution in [2.24, 2.45) is 0 Å². The standard InChI is InChI=1S/C30H35ClF2N6O3S/c1-17(2)39-29-23(18-4-8-20(9-5-18)35-12-13-42-3)16-36-30(34)27(29)28(37-39)22-14-25(33)26(15-24(22)32)38-43(40,41)21-10-6-19(31)7-11-21/h6-7,10-11,14-18,20,35,38H,4-5,8-9,12-13H2,1-3H3,(H2,34,36)/t18-,20-. The number of hydrogen-bond acceptors (Lipinski definition) is 7. The molecule has 0 unspecified atom stereocenters. The number of fused-ring (bicyclic) bond motifs is 1. The molecule has 0 saturated heterocycles. The number of benzene rings is 2. The molecule has 4 aromatic rings. The molecule has 0 radical (unpaired) electrons. The third-order valence-corrected chi connectivity index (χ3v) is 9.49. The Kier molecular flexibility index (Phi) is 9.21. The van der Waals surface area contributed by atoms with E-state index in [1.165, 1.54) is 24.3 Å². The van der Waals surface area contributed by atoms with Crippen LogP contribution in [-0.2, 0) is 14.8 Å².